The molecule has 0 saturated heterocycles. The second kappa shape index (κ2) is 7.56. The lowest BCUT2D eigenvalue weighted by Gasteiger charge is -2.21. The Balaban J connectivity index is 2.12. The SMILES string of the molecule is CC(C)(C)Nc1ncnc(NNC(=O)Cc2ccccc2)c1[N+](=O)[O-]. The molecule has 2 rings (SSSR count). The molecule has 9 heteroatoms. The van der Waals surface area contributed by atoms with E-state index in [0.29, 0.717) is 0 Å². The molecule has 1 aromatic carbocycles. The molecule has 1 amide bonds. The van der Waals surface area contributed by atoms with Crippen molar-refractivity contribution in [3.05, 3.63) is 52.3 Å². The first-order valence-corrected chi connectivity index (χ1v) is 7.62. The fourth-order valence-corrected chi connectivity index (χ4v) is 2.04. The Labute approximate surface area is 145 Å². The van der Waals surface area contributed by atoms with E-state index < -0.39 is 10.5 Å². The number of anilines is 2. The van der Waals surface area contributed by atoms with Gasteiger partial charge >= 0.3 is 5.69 Å². The highest BCUT2D eigenvalue weighted by Crippen LogP contribution is 2.30. The second-order valence-corrected chi connectivity index (χ2v) is 6.39. The van der Waals surface area contributed by atoms with Gasteiger partial charge in [0.05, 0.1) is 11.3 Å². The van der Waals surface area contributed by atoms with E-state index in [1.54, 1.807) is 0 Å². The van der Waals surface area contributed by atoms with Crippen molar-refractivity contribution in [1.82, 2.24) is 15.4 Å². The molecule has 2 aromatic rings. The lowest BCUT2D eigenvalue weighted by molar-refractivity contribution is -0.383. The standard InChI is InChI=1S/C16H20N6O3/c1-16(2,3)19-14-13(22(24)25)15(18-10-17-14)21-20-12(23)9-11-7-5-4-6-8-11/h4-8,10H,9H2,1-3H3,(H,20,23)(H2,17,18,19,21). The van der Waals surface area contributed by atoms with Gasteiger partial charge in [-0.15, -0.1) is 0 Å². The predicted octanol–water partition coefficient (Wildman–Crippen LogP) is 2.28. The van der Waals surface area contributed by atoms with Crippen LogP contribution >= 0.6 is 0 Å². The topological polar surface area (TPSA) is 122 Å². The number of amides is 1. The summed E-state index contributed by atoms with van der Waals surface area (Å²) in [6.07, 6.45) is 1.33. The number of hydrazine groups is 1. The zero-order chi connectivity index (χ0) is 18.4. The van der Waals surface area contributed by atoms with Crippen molar-refractivity contribution in [2.24, 2.45) is 0 Å². The average molecular weight is 344 g/mol. The Morgan fingerprint density at radius 2 is 1.80 bits per heavy atom. The van der Waals surface area contributed by atoms with Crippen LogP contribution in [0.1, 0.15) is 26.3 Å². The molecule has 0 spiro atoms. The first-order valence-electron chi connectivity index (χ1n) is 7.62. The van der Waals surface area contributed by atoms with Crippen LogP contribution in [0.3, 0.4) is 0 Å². The molecule has 132 valence electrons. The minimum absolute atomic E-state index is 0.0762. The fraction of sp³-hybridized carbons (Fsp3) is 0.312. The summed E-state index contributed by atoms with van der Waals surface area (Å²) in [6, 6.07) is 9.15. The van der Waals surface area contributed by atoms with E-state index in [1.165, 1.54) is 6.33 Å². The van der Waals surface area contributed by atoms with Crippen LogP contribution in [0.2, 0.25) is 0 Å². The van der Waals surface area contributed by atoms with E-state index in [4.69, 9.17) is 0 Å². The van der Waals surface area contributed by atoms with Crippen molar-refractivity contribution in [3.63, 3.8) is 0 Å². The van der Waals surface area contributed by atoms with Gasteiger partial charge in [0, 0.05) is 5.54 Å². The van der Waals surface area contributed by atoms with E-state index in [0.717, 1.165) is 5.56 Å². The molecule has 0 bridgehead atoms. The van der Waals surface area contributed by atoms with Gasteiger partial charge in [-0.1, -0.05) is 30.3 Å². The molecule has 0 saturated carbocycles. The van der Waals surface area contributed by atoms with Crippen molar-refractivity contribution in [2.75, 3.05) is 10.7 Å². The molecular formula is C16H20N6O3. The molecular weight excluding hydrogens is 324 g/mol. The van der Waals surface area contributed by atoms with Crippen LogP contribution in [0.15, 0.2) is 36.7 Å². The van der Waals surface area contributed by atoms with Gasteiger partial charge in [-0.2, -0.15) is 0 Å². The number of nitrogens with zero attached hydrogens (tertiary/aromatic N) is 3. The molecule has 25 heavy (non-hydrogen) atoms. The zero-order valence-corrected chi connectivity index (χ0v) is 14.2. The number of rotatable bonds is 6. The van der Waals surface area contributed by atoms with E-state index in [1.807, 2.05) is 51.1 Å². The maximum atomic E-state index is 12.0. The summed E-state index contributed by atoms with van der Waals surface area (Å²) in [5.74, 6) is -0.357. The van der Waals surface area contributed by atoms with Crippen LogP contribution < -0.4 is 16.2 Å². The van der Waals surface area contributed by atoms with Crippen LogP contribution in [0.4, 0.5) is 17.3 Å². The fourth-order valence-electron chi connectivity index (χ4n) is 2.04. The number of nitro groups is 1. The summed E-state index contributed by atoms with van der Waals surface area (Å²) in [4.78, 5) is 30.6. The van der Waals surface area contributed by atoms with Crippen LogP contribution in [0.5, 0.6) is 0 Å². The maximum absolute atomic E-state index is 12.0. The number of hydrogen-bond acceptors (Lipinski definition) is 7. The lowest BCUT2D eigenvalue weighted by atomic mass is 10.1. The molecule has 0 fully saturated rings. The molecule has 0 aliphatic rings. The third kappa shape index (κ3) is 5.41. The van der Waals surface area contributed by atoms with Crippen molar-refractivity contribution in [2.45, 2.75) is 32.7 Å². The largest absolute Gasteiger partial charge is 0.360 e. The highest BCUT2D eigenvalue weighted by Gasteiger charge is 2.26. The molecule has 0 aliphatic heterocycles. The summed E-state index contributed by atoms with van der Waals surface area (Å²) in [7, 11) is 0. The van der Waals surface area contributed by atoms with Gasteiger partial charge in [0.2, 0.25) is 17.5 Å². The maximum Gasteiger partial charge on any atom is 0.354 e. The summed E-state index contributed by atoms with van der Waals surface area (Å²) >= 11 is 0. The Morgan fingerprint density at radius 1 is 1.16 bits per heavy atom. The number of hydrogen-bond donors (Lipinski definition) is 3. The highest BCUT2D eigenvalue weighted by atomic mass is 16.6. The van der Waals surface area contributed by atoms with Gasteiger partial charge in [0.25, 0.3) is 0 Å². The Hall–Kier alpha value is -3.23. The van der Waals surface area contributed by atoms with E-state index in [-0.39, 0.29) is 29.7 Å². The first kappa shape index (κ1) is 18.1. The monoisotopic (exact) mass is 344 g/mol. The van der Waals surface area contributed by atoms with Crippen LogP contribution in [0.25, 0.3) is 0 Å². The molecule has 9 nitrogen and oxygen atoms in total. The van der Waals surface area contributed by atoms with Crippen molar-refractivity contribution >= 4 is 23.2 Å². The van der Waals surface area contributed by atoms with Gasteiger partial charge in [-0.3, -0.25) is 25.8 Å². The van der Waals surface area contributed by atoms with E-state index in [9.17, 15) is 14.9 Å². The Bertz CT molecular complexity index is 758. The van der Waals surface area contributed by atoms with Gasteiger partial charge in [-0.25, -0.2) is 9.97 Å². The van der Waals surface area contributed by atoms with E-state index in [2.05, 4.69) is 26.1 Å². The normalized spacial score (nSPS) is 10.8. The molecule has 0 radical (unpaired) electrons. The summed E-state index contributed by atoms with van der Waals surface area (Å²) in [5.41, 5.74) is 5.00. The third-order valence-corrected chi connectivity index (χ3v) is 3.03. The predicted molar refractivity (Wildman–Crippen MR) is 94.0 cm³/mol. The summed E-state index contributed by atoms with van der Waals surface area (Å²) < 4.78 is 0. The molecule has 0 atom stereocenters. The van der Waals surface area contributed by atoms with Crippen molar-refractivity contribution < 1.29 is 9.72 Å². The smallest absolute Gasteiger partial charge is 0.354 e. The second-order valence-electron chi connectivity index (χ2n) is 6.39. The number of benzene rings is 1. The molecule has 1 heterocycles. The average Bonchev–Trinajstić information content (AvgIpc) is 2.52. The van der Waals surface area contributed by atoms with Crippen molar-refractivity contribution in [1.29, 1.82) is 0 Å². The molecule has 3 N–H and O–H groups in total. The summed E-state index contributed by atoms with van der Waals surface area (Å²) in [5, 5.41) is 14.4. The zero-order valence-electron chi connectivity index (χ0n) is 14.2. The van der Waals surface area contributed by atoms with Crippen LogP contribution in [0, 0.1) is 10.1 Å². The Kier molecular flexibility index (Phi) is 5.48. The lowest BCUT2D eigenvalue weighted by Crippen LogP contribution is -2.32. The van der Waals surface area contributed by atoms with Gasteiger partial charge in [0.1, 0.15) is 6.33 Å². The van der Waals surface area contributed by atoms with Crippen LogP contribution in [-0.4, -0.2) is 26.3 Å². The van der Waals surface area contributed by atoms with Gasteiger partial charge in [0.15, 0.2) is 0 Å². The molecule has 0 unspecified atom stereocenters. The van der Waals surface area contributed by atoms with Gasteiger partial charge < -0.3 is 5.32 Å². The third-order valence-electron chi connectivity index (χ3n) is 3.03. The number of carbonyl (C=O) groups is 1. The quantitative estimate of drug-likeness (QED) is 0.543. The number of aromatic nitrogens is 2. The molecule has 0 aliphatic carbocycles. The highest BCUT2D eigenvalue weighted by molar-refractivity contribution is 5.81. The number of carbonyl (C=O) groups excluding carboxylic acids is 1. The van der Waals surface area contributed by atoms with E-state index >= 15 is 0 Å². The van der Waals surface area contributed by atoms with Crippen molar-refractivity contribution in [3.8, 4) is 0 Å². The van der Waals surface area contributed by atoms with Gasteiger partial charge in [-0.05, 0) is 26.3 Å². The minimum Gasteiger partial charge on any atom is -0.360 e. The number of nitrogens with one attached hydrogen (secondary N) is 3. The minimum atomic E-state index is -0.597. The first-order chi connectivity index (χ1) is 11.8. The molecule has 1 aromatic heterocycles. The van der Waals surface area contributed by atoms with Crippen LogP contribution in [-0.2, 0) is 11.2 Å². The Morgan fingerprint density at radius 3 is 2.40 bits per heavy atom. The summed E-state index contributed by atoms with van der Waals surface area (Å²) in [6.45, 7) is 5.56.